The zero-order chi connectivity index (χ0) is 23.5. The van der Waals surface area contributed by atoms with Gasteiger partial charge in [-0.25, -0.2) is 13.4 Å². The summed E-state index contributed by atoms with van der Waals surface area (Å²) in [6.07, 6.45) is 0. The number of hydrogen-bond acceptors (Lipinski definition) is 5. The number of thiazole rings is 1. The maximum Gasteiger partial charge on any atom is 0.261 e. The summed E-state index contributed by atoms with van der Waals surface area (Å²) in [5.74, 6) is -0.339. The van der Waals surface area contributed by atoms with Crippen molar-refractivity contribution in [1.82, 2.24) is 4.98 Å². The molecule has 0 radical (unpaired) electrons. The van der Waals surface area contributed by atoms with Crippen LogP contribution in [0.25, 0.3) is 20.8 Å². The van der Waals surface area contributed by atoms with E-state index in [0.717, 1.165) is 20.8 Å². The number of carbonyl (C=O) groups is 1. The lowest BCUT2D eigenvalue weighted by molar-refractivity contribution is 0.102. The molecule has 0 saturated heterocycles. The van der Waals surface area contributed by atoms with Crippen molar-refractivity contribution in [2.45, 2.75) is 4.90 Å². The molecule has 5 aromatic rings. The monoisotopic (exact) mass is 485 g/mol. The van der Waals surface area contributed by atoms with Crippen LogP contribution in [0.5, 0.6) is 0 Å². The fraction of sp³-hybridized carbons (Fsp3) is 0. The minimum absolute atomic E-state index is 0.151. The number of carbonyl (C=O) groups excluding carboxylic acids is 1. The number of aromatic nitrogens is 1. The Labute approximate surface area is 201 Å². The summed E-state index contributed by atoms with van der Waals surface area (Å²) >= 11 is 1.62. The van der Waals surface area contributed by atoms with E-state index in [1.54, 1.807) is 47.7 Å². The van der Waals surface area contributed by atoms with Crippen LogP contribution in [0.2, 0.25) is 0 Å². The largest absolute Gasteiger partial charge is 0.322 e. The summed E-state index contributed by atoms with van der Waals surface area (Å²) in [4.78, 5) is 17.6. The number of amides is 1. The predicted octanol–water partition coefficient (Wildman–Crippen LogP) is 6.02. The summed E-state index contributed by atoms with van der Waals surface area (Å²) < 4.78 is 28.8. The summed E-state index contributed by atoms with van der Waals surface area (Å²) in [6, 6.07) is 29.9. The van der Waals surface area contributed by atoms with Crippen molar-refractivity contribution >= 4 is 48.9 Å². The van der Waals surface area contributed by atoms with Crippen LogP contribution in [0.1, 0.15) is 10.4 Å². The van der Waals surface area contributed by atoms with Crippen LogP contribution >= 0.6 is 11.3 Å². The molecule has 0 fully saturated rings. The first-order chi connectivity index (χ1) is 16.5. The summed E-state index contributed by atoms with van der Waals surface area (Å²) in [6.45, 7) is 0. The summed E-state index contributed by atoms with van der Waals surface area (Å²) in [7, 11) is -3.74. The van der Waals surface area contributed by atoms with Crippen LogP contribution in [0.15, 0.2) is 108 Å². The van der Waals surface area contributed by atoms with E-state index in [1.165, 1.54) is 18.2 Å². The van der Waals surface area contributed by atoms with Gasteiger partial charge < -0.3 is 5.32 Å². The molecule has 0 bridgehead atoms. The van der Waals surface area contributed by atoms with Gasteiger partial charge in [0.2, 0.25) is 0 Å². The van der Waals surface area contributed by atoms with Crippen molar-refractivity contribution in [3.05, 3.63) is 109 Å². The molecule has 1 amide bonds. The molecule has 0 aliphatic carbocycles. The Morgan fingerprint density at radius 1 is 0.765 bits per heavy atom. The van der Waals surface area contributed by atoms with Crippen molar-refractivity contribution in [1.29, 1.82) is 0 Å². The van der Waals surface area contributed by atoms with Crippen molar-refractivity contribution < 1.29 is 13.2 Å². The van der Waals surface area contributed by atoms with Crippen molar-refractivity contribution in [3.8, 4) is 10.6 Å². The highest BCUT2D eigenvalue weighted by molar-refractivity contribution is 7.92. The maximum atomic E-state index is 12.8. The number of nitrogens with zero attached hydrogens (tertiary/aromatic N) is 1. The number of fused-ring (bicyclic) bond motifs is 1. The van der Waals surface area contributed by atoms with Crippen molar-refractivity contribution in [2.75, 3.05) is 10.0 Å². The lowest BCUT2D eigenvalue weighted by Gasteiger charge is -2.10. The molecule has 0 saturated carbocycles. The van der Waals surface area contributed by atoms with Gasteiger partial charge in [0.1, 0.15) is 5.01 Å². The normalized spacial score (nSPS) is 11.3. The van der Waals surface area contributed by atoms with Crippen molar-refractivity contribution in [2.24, 2.45) is 0 Å². The zero-order valence-corrected chi connectivity index (χ0v) is 19.4. The number of benzene rings is 4. The molecule has 0 aliphatic rings. The molecule has 0 atom stereocenters. The first-order valence-corrected chi connectivity index (χ1v) is 12.7. The van der Waals surface area contributed by atoms with Gasteiger partial charge in [-0.15, -0.1) is 11.3 Å². The molecule has 168 valence electrons. The van der Waals surface area contributed by atoms with Gasteiger partial charge in [-0.1, -0.05) is 36.4 Å². The third kappa shape index (κ3) is 4.68. The molecule has 1 aromatic heterocycles. The van der Waals surface area contributed by atoms with Gasteiger partial charge in [0.05, 0.1) is 15.1 Å². The highest BCUT2D eigenvalue weighted by Crippen LogP contribution is 2.30. The van der Waals surface area contributed by atoms with Crippen LogP contribution in [0.4, 0.5) is 11.4 Å². The number of sulfonamides is 1. The average Bonchev–Trinajstić information content (AvgIpc) is 3.29. The average molecular weight is 486 g/mol. The standard InChI is InChI=1S/C26H19N3O3S2/c30-25(19-7-6-8-21(17-19)29-34(31,32)22-9-2-1-3-10-22)27-20-15-13-18(14-16-20)26-28-23-11-4-5-12-24(23)33-26/h1-17,29H,(H,27,30). The Hall–Kier alpha value is -4.01. The maximum absolute atomic E-state index is 12.8. The molecule has 4 aromatic carbocycles. The quantitative estimate of drug-likeness (QED) is 0.308. The van der Waals surface area contributed by atoms with Gasteiger partial charge in [-0.3, -0.25) is 9.52 Å². The molecule has 1 heterocycles. The Balaban J connectivity index is 1.30. The van der Waals surface area contributed by atoms with E-state index in [9.17, 15) is 13.2 Å². The third-order valence-electron chi connectivity index (χ3n) is 5.11. The van der Waals surface area contributed by atoms with Gasteiger partial charge in [0.25, 0.3) is 15.9 Å². The highest BCUT2D eigenvalue weighted by atomic mass is 32.2. The zero-order valence-electron chi connectivity index (χ0n) is 17.8. The van der Waals surface area contributed by atoms with Crippen molar-refractivity contribution in [3.63, 3.8) is 0 Å². The molecule has 5 rings (SSSR count). The Morgan fingerprint density at radius 3 is 2.26 bits per heavy atom. The summed E-state index contributed by atoms with van der Waals surface area (Å²) in [5.41, 5.74) is 3.20. The Kier molecular flexibility index (Phi) is 5.83. The van der Waals surface area contributed by atoms with Gasteiger partial charge in [0.15, 0.2) is 0 Å². The minimum Gasteiger partial charge on any atom is -0.322 e. The molecule has 0 unspecified atom stereocenters. The van der Waals surface area contributed by atoms with Crippen LogP contribution in [0, 0.1) is 0 Å². The Morgan fingerprint density at radius 2 is 1.50 bits per heavy atom. The topological polar surface area (TPSA) is 88.2 Å². The van der Waals surface area contributed by atoms with Gasteiger partial charge in [-0.2, -0.15) is 0 Å². The van der Waals surface area contributed by atoms with Crippen LogP contribution in [-0.4, -0.2) is 19.3 Å². The lowest BCUT2D eigenvalue weighted by atomic mass is 10.1. The number of hydrogen-bond donors (Lipinski definition) is 2. The van der Waals surface area contributed by atoms with E-state index in [2.05, 4.69) is 15.0 Å². The second kappa shape index (κ2) is 9.09. The minimum atomic E-state index is -3.74. The molecule has 6 nitrogen and oxygen atoms in total. The van der Waals surface area contributed by atoms with Gasteiger partial charge in [0, 0.05) is 22.5 Å². The Bertz CT molecular complexity index is 1550. The SMILES string of the molecule is O=C(Nc1ccc(-c2nc3ccccc3s2)cc1)c1cccc(NS(=O)(=O)c2ccccc2)c1. The van der Waals surface area contributed by atoms with E-state index >= 15 is 0 Å². The van der Waals surface area contributed by atoms with Crippen LogP contribution in [0.3, 0.4) is 0 Å². The fourth-order valence-electron chi connectivity index (χ4n) is 3.43. The molecule has 34 heavy (non-hydrogen) atoms. The third-order valence-corrected chi connectivity index (χ3v) is 7.60. The van der Waals surface area contributed by atoms with Gasteiger partial charge >= 0.3 is 0 Å². The molecular weight excluding hydrogens is 466 g/mol. The molecule has 2 N–H and O–H groups in total. The second-order valence-corrected chi connectivity index (χ2v) is 10.2. The first-order valence-electron chi connectivity index (χ1n) is 10.4. The number of anilines is 2. The molecule has 0 aliphatic heterocycles. The number of nitrogens with one attached hydrogen (secondary N) is 2. The predicted molar refractivity (Wildman–Crippen MR) is 137 cm³/mol. The highest BCUT2D eigenvalue weighted by Gasteiger charge is 2.15. The number of para-hydroxylation sites is 1. The van der Waals surface area contributed by atoms with E-state index in [4.69, 9.17) is 0 Å². The van der Waals surface area contributed by atoms with Crippen LogP contribution < -0.4 is 10.0 Å². The van der Waals surface area contributed by atoms with Crippen LogP contribution in [-0.2, 0) is 10.0 Å². The van der Waals surface area contributed by atoms with E-state index in [0.29, 0.717) is 16.9 Å². The lowest BCUT2D eigenvalue weighted by Crippen LogP contribution is -2.15. The smallest absolute Gasteiger partial charge is 0.261 e. The molecular formula is C26H19N3O3S2. The van der Waals surface area contributed by atoms with E-state index < -0.39 is 10.0 Å². The second-order valence-electron chi connectivity index (χ2n) is 7.52. The van der Waals surface area contributed by atoms with E-state index in [1.807, 2.05) is 48.5 Å². The summed E-state index contributed by atoms with van der Waals surface area (Å²) in [5, 5.41) is 3.77. The number of rotatable bonds is 6. The van der Waals surface area contributed by atoms with E-state index in [-0.39, 0.29) is 10.8 Å². The molecule has 0 spiro atoms. The molecule has 8 heteroatoms. The first kappa shape index (κ1) is 21.8. The fourth-order valence-corrected chi connectivity index (χ4v) is 5.47. The van der Waals surface area contributed by atoms with Gasteiger partial charge in [-0.05, 0) is 66.7 Å².